The van der Waals surface area contributed by atoms with E-state index >= 15 is 0 Å². The third kappa shape index (κ3) is 4.69. The summed E-state index contributed by atoms with van der Waals surface area (Å²) in [6.07, 6.45) is 2.17. The summed E-state index contributed by atoms with van der Waals surface area (Å²) in [6, 6.07) is 27.8. The molecule has 1 aliphatic heterocycles. The van der Waals surface area contributed by atoms with Crippen LogP contribution in [0, 0.1) is 0 Å². The highest BCUT2D eigenvalue weighted by molar-refractivity contribution is 5.45. The molecule has 0 aliphatic carbocycles. The molecule has 0 fully saturated rings. The van der Waals surface area contributed by atoms with Gasteiger partial charge in [0, 0.05) is 12.0 Å². The van der Waals surface area contributed by atoms with Gasteiger partial charge in [0.25, 0.3) is 0 Å². The Labute approximate surface area is 161 Å². The van der Waals surface area contributed by atoms with Crippen LogP contribution >= 0.6 is 0 Å². The van der Waals surface area contributed by atoms with Crippen LogP contribution in [0.25, 0.3) is 0 Å². The van der Waals surface area contributed by atoms with Crippen LogP contribution in [0.5, 0.6) is 11.5 Å². The third-order valence-corrected chi connectivity index (χ3v) is 5.14. The van der Waals surface area contributed by atoms with Gasteiger partial charge in [-0.25, -0.2) is 0 Å². The van der Waals surface area contributed by atoms with Crippen molar-refractivity contribution in [3.63, 3.8) is 0 Å². The van der Waals surface area contributed by atoms with Crippen molar-refractivity contribution in [2.24, 2.45) is 0 Å². The first kappa shape index (κ1) is 17.6. The molecule has 0 radical (unpaired) electrons. The maximum absolute atomic E-state index is 5.59. The summed E-state index contributed by atoms with van der Waals surface area (Å²) < 4.78 is 11.1. The summed E-state index contributed by atoms with van der Waals surface area (Å²) in [5.74, 6) is 2.20. The van der Waals surface area contributed by atoms with E-state index in [0.717, 1.165) is 37.4 Å². The van der Waals surface area contributed by atoms with E-state index in [1.165, 1.54) is 16.7 Å². The van der Waals surface area contributed by atoms with E-state index in [-0.39, 0.29) is 0 Å². The van der Waals surface area contributed by atoms with Crippen molar-refractivity contribution >= 4 is 0 Å². The van der Waals surface area contributed by atoms with Crippen molar-refractivity contribution in [1.29, 1.82) is 0 Å². The Morgan fingerprint density at radius 3 is 2.26 bits per heavy atom. The summed E-state index contributed by atoms with van der Waals surface area (Å²) >= 11 is 0. The quantitative estimate of drug-likeness (QED) is 0.619. The summed E-state index contributed by atoms with van der Waals surface area (Å²) in [5.41, 5.74) is 4.08. The number of ether oxygens (including phenoxy) is 2. The molecule has 3 aromatic rings. The first-order valence-corrected chi connectivity index (χ1v) is 9.67. The van der Waals surface area contributed by atoms with E-state index in [1.54, 1.807) is 0 Å². The second kappa shape index (κ2) is 8.74. The zero-order valence-electron chi connectivity index (χ0n) is 15.5. The molecule has 3 aromatic carbocycles. The van der Waals surface area contributed by atoms with Gasteiger partial charge in [0.2, 0.25) is 6.79 Å². The number of hydrogen-bond donors (Lipinski definition) is 1. The molecule has 2 N–H and O–H groups in total. The summed E-state index contributed by atoms with van der Waals surface area (Å²) in [5, 5.41) is 2.40. The van der Waals surface area contributed by atoms with Gasteiger partial charge >= 0.3 is 0 Å². The number of rotatable bonds is 8. The van der Waals surface area contributed by atoms with E-state index < -0.39 is 0 Å². The lowest BCUT2D eigenvalue weighted by Crippen LogP contribution is -2.82. The molecular formula is C24H26NO2+. The molecular weight excluding hydrogens is 334 g/mol. The minimum Gasteiger partial charge on any atom is -0.454 e. The van der Waals surface area contributed by atoms with Gasteiger partial charge < -0.3 is 14.8 Å². The van der Waals surface area contributed by atoms with Crippen molar-refractivity contribution in [3.05, 3.63) is 95.6 Å². The van der Waals surface area contributed by atoms with Crippen LogP contribution in [0.15, 0.2) is 78.9 Å². The molecule has 0 bridgehead atoms. The molecule has 0 amide bonds. The van der Waals surface area contributed by atoms with Gasteiger partial charge in [-0.2, -0.15) is 0 Å². The highest BCUT2D eigenvalue weighted by Gasteiger charge is 2.19. The molecule has 0 saturated carbocycles. The lowest BCUT2D eigenvalue weighted by atomic mass is 9.89. The van der Waals surface area contributed by atoms with E-state index in [1.807, 2.05) is 6.07 Å². The predicted octanol–water partition coefficient (Wildman–Crippen LogP) is 3.90. The van der Waals surface area contributed by atoms with Gasteiger partial charge in [-0.3, -0.25) is 0 Å². The molecule has 3 nitrogen and oxygen atoms in total. The zero-order chi connectivity index (χ0) is 18.3. The van der Waals surface area contributed by atoms with Crippen LogP contribution in [0.4, 0.5) is 0 Å². The van der Waals surface area contributed by atoms with Crippen LogP contribution in [0.2, 0.25) is 0 Å². The van der Waals surface area contributed by atoms with Crippen molar-refractivity contribution in [2.45, 2.75) is 25.3 Å². The van der Waals surface area contributed by atoms with E-state index in [2.05, 4.69) is 78.1 Å². The van der Waals surface area contributed by atoms with Gasteiger partial charge in [-0.1, -0.05) is 66.7 Å². The molecule has 1 heterocycles. The van der Waals surface area contributed by atoms with Crippen LogP contribution in [0.3, 0.4) is 0 Å². The summed E-state index contributed by atoms with van der Waals surface area (Å²) in [7, 11) is 0. The van der Waals surface area contributed by atoms with Crippen molar-refractivity contribution < 1.29 is 14.8 Å². The maximum Gasteiger partial charge on any atom is 0.231 e. The minimum atomic E-state index is 0.326. The molecule has 0 aromatic heterocycles. The molecule has 0 spiro atoms. The second-order valence-electron chi connectivity index (χ2n) is 7.06. The van der Waals surface area contributed by atoms with Crippen molar-refractivity contribution in [3.8, 4) is 11.5 Å². The zero-order valence-corrected chi connectivity index (χ0v) is 15.5. The first-order chi connectivity index (χ1) is 13.4. The van der Waals surface area contributed by atoms with Crippen LogP contribution in [-0.2, 0) is 13.0 Å². The maximum atomic E-state index is 5.59. The van der Waals surface area contributed by atoms with E-state index in [0.29, 0.717) is 12.7 Å². The van der Waals surface area contributed by atoms with Crippen molar-refractivity contribution in [2.75, 3.05) is 13.3 Å². The number of hydrogen-bond acceptors (Lipinski definition) is 2. The molecule has 27 heavy (non-hydrogen) atoms. The van der Waals surface area contributed by atoms with Crippen LogP contribution in [-0.4, -0.2) is 13.3 Å². The van der Waals surface area contributed by atoms with Gasteiger partial charge in [-0.15, -0.1) is 0 Å². The Bertz CT molecular complexity index is 849. The summed E-state index contributed by atoms with van der Waals surface area (Å²) in [4.78, 5) is 0. The molecule has 1 aliphatic rings. The molecule has 0 unspecified atom stereocenters. The van der Waals surface area contributed by atoms with Crippen LogP contribution < -0.4 is 14.8 Å². The second-order valence-corrected chi connectivity index (χ2v) is 7.06. The van der Waals surface area contributed by atoms with E-state index in [9.17, 15) is 0 Å². The Hall–Kier alpha value is -2.78. The Morgan fingerprint density at radius 2 is 1.48 bits per heavy atom. The standard InChI is InChI=1S/C24H25NO2/c1-3-7-19(8-4-1)15-22(13-14-25-17-20-9-5-2-6-10-20)21-11-12-23-24(16-21)27-18-26-23/h1-12,16,22,25H,13-15,17-18H2/p+1/t22-/m1/s1. The van der Waals surface area contributed by atoms with Crippen LogP contribution in [0.1, 0.15) is 29.0 Å². The fraction of sp³-hybridized carbons (Fsp3) is 0.250. The molecule has 3 heteroatoms. The fourth-order valence-corrected chi connectivity index (χ4v) is 3.65. The first-order valence-electron chi connectivity index (χ1n) is 9.67. The lowest BCUT2D eigenvalue weighted by molar-refractivity contribution is -0.671. The molecule has 138 valence electrons. The van der Waals surface area contributed by atoms with Gasteiger partial charge in [0.1, 0.15) is 6.54 Å². The number of benzene rings is 3. The van der Waals surface area contributed by atoms with Crippen molar-refractivity contribution in [1.82, 2.24) is 0 Å². The smallest absolute Gasteiger partial charge is 0.231 e. The Balaban J connectivity index is 1.43. The SMILES string of the molecule is c1ccc(C[NH2+]CC[C@H](Cc2ccccc2)c2ccc3c(c2)OCO3)cc1. The lowest BCUT2D eigenvalue weighted by Gasteiger charge is -2.17. The topological polar surface area (TPSA) is 35.1 Å². The normalized spacial score (nSPS) is 13.5. The van der Waals surface area contributed by atoms with Gasteiger partial charge in [-0.05, 0) is 35.6 Å². The predicted molar refractivity (Wildman–Crippen MR) is 107 cm³/mol. The molecule has 1 atom stereocenters. The van der Waals surface area contributed by atoms with Gasteiger partial charge in [0.05, 0.1) is 6.54 Å². The monoisotopic (exact) mass is 360 g/mol. The van der Waals surface area contributed by atoms with E-state index in [4.69, 9.17) is 9.47 Å². The number of fused-ring (bicyclic) bond motifs is 1. The highest BCUT2D eigenvalue weighted by atomic mass is 16.7. The molecule has 0 saturated heterocycles. The average molecular weight is 360 g/mol. The Kier molecular flexibility index (Phi) is 5.70. The average Bonchev–Trinajstić information content (AvgIpc) is 3.20. The number of nitrogens with two attached hydrogens (primary N) is 1. The molecule has 4 rings (SSSR count). The minimum absolute atomic E-state index is 0.326. The number of quaternary nitrogens is 1. The highest BCUT2D eigenvalue weighted by Crippen LogP contribution is 2.36. The fourth-order valence-electron chi connectivity index (χ4n) is 3.65. The third-order valence-electron chi connectivity index (χ3n) is 5.14. The summed E-state index contributed by atoms with van der Waals surface area (Å²) in [6.45, 7) is 2.45. The van der Waals surface area contributed by atoms with Gasteiger partial charge in [0.15, 0.2) is 11.5 Å². The largest absolute Gasteiger partial charge is 0.454 e. The Morgan fingerprint density at radius 1 is 0.778 bits per heavy atom.